The smallest absolute Gasteiger partial charge is 0.328 e. The van der Waals surface area contributed by atoms with Crippen molar-refractivity contribution in [3.8, 4) is 0 Å². The Bertz CT molecular complexity index is 329. The zero-order chi connectivity index (χ0) is 9.68. The van der Waals surface area contributed by atoms with E-state index >= 15 is 0 Å². The molecule has 1 aromatic rings. The van der Waals surface area contributed by atoms with Crippen molar-refractivity contribution in [2.24, 2.45) is 0 Å². The normalized spacial score (nSPS) is 10.5. The molecule has 0 atom stereocenters. The first kappa shape index (κ1) is 9.48. The fraction of sp³-hybridized carbons (Fsp3) is 0.100. The molecule has 3 heteroatoms. The highest BCUT2D eigenvalue weighted by molar-refractivity contribution is 5.85. The highest BCUT2D eigenvalue weighted by Crippen LogP contribution is 2.06. The molecule has 0 amide bonds. The van der Waals surface area contributed by atoms with Gasteiger partial charge in [-0.25, -0.2) is 4.79 Å². The molecule has 0 bridgehead atoms. The summed E-state index contributed by atoms with van der Waals surface area (Å²) in [6.45, 7) is -0.0330. The first-order chi connectivity index (χ1) is 6.22. The summed E-state index contributed by atoms with van der Waals surface area (Å²) in [4.78, 5) is 10.2. The summed E-state index contributed by atoms with van der Waals surface area (Å²) in [6, 6.07) is 7.06. The molecule has 0 aliphatic heterocycles. The van der Waals surface area contributed by atoms with E-state index in [1.54, 1.807) is 24.3 Å². The maximum atomic E-state index is 10.2. The number of benzene rings is 1. The second kappa shape index (κ2) is 4.42. The van der Waals surface area contributed by atoms with Crippen molar-refractivity contribution in [2.75, 3.05) is 0 Å². The molecule has 3 nitrogen and oxygen atoms in total. The van der Waals surface area contributed by atoms with E-state index in [0.29, 0.717) is 0 Å². The zero-order valence-electron chi connectivity index (χ0n) is 6.97. The van der Waals surface area contributed by atoms with Gasteiger partial charge in [0.1, 0.15) is 0 Å². The van der Waals surface area contributed by atoms with Crippen molar-refractivity contribution >= 4 is 12.0 Å². The van der Waals surface area contributed by atoms with Gasteiger partial charge in [-0.05, 0) is 23.3 Å². The lowest BCUT2D eigenvalue weighted by Crippen LogP contribution is -1.87. The predicted octanol–water partition coefficient (Wildman–Crippen LogP) is 1.28. The number of carbonyl (C=O) groups is 1. The Balaban J connectivity index is 2.83. The molecule has 0 aliphatic carbocycles. The molecular formula is C10H10O3. The van der Waals surface area contributed by atoms with Crippen LogP contribution in [0.15, 0.2) is 30.3 Å². The van der Waals surface area contributed by atoms with Crippen LogP contribution in [0.1, 0.15) is 11.1 Å². The molecule has 1 aromatic carbocycles. The summed E-state index contributed by atoms with van der Waals surface area (Å²) in [5, 5.41) is 17.2. The lowest BCUT2D eigenvalue weighted by Gasteiger charge is -1.96. The maximum absolute atomic E-state index is 10.2. The fourth-order valence-electron chi connectivity index (χ4n) is 0.963. The van der Waals surface area contributed by atoms with Gasteiger partial charge in [-0.3, -0.25) is 0 Å². The van der Waals surface area contributed by atoms with Gasteiger partial charge < -0.3 is 10.2 Å². The molecule has 68 valence electrons. The van der Waals surface area contributed by atoms with Crippen molar-refractivity contribution in [1.29, 1.82) is 0 Å². The average molecular weight is 178 g/mol. The first-order valence-corrected chi connectivity index (χ1v) is 3.83. The Morgan fingerprint density at radius 3 is 2.85 bits per heavy atom. The molecule has 0 radical (unpaired) electrons. The SMILES string of the molecule is O=C(O)/C=C/c1cccc(CO)c1. The van der Waals surface area contributed by atoms with Crippen LogP contribution in [-0.2, 0) is 11.4 Å². The number of aliphatic hydroxyl groups is 1. The van der Waals surface area contributed by atoms with Crippen molar-refractivity contribution in [3.05, 3.63) is 41.5 Å². The Labute approximate surface area is 76.0 Å². The fourth-order valence-corrected chi connectivity index (χ4v) is 0.963. The molecule has 0 fully saturated rings. The number of carboxylic acids is 1. The molecule has 0 unspecified atom stereocenters. The summed E-state index contributed by atoms with van der Waals surface area (Å²) in [5.74, 6) is -0.977. The van der Waals surface area contributed by atoms with Crippen LogP contribution < -0.4 is 0 Å². The monoisotopic (exact) mass is 178 g/mol. The summed E-state index contributed by atoms with van der Waals surface area (Å²) in [5.41, 5.74) is 1.54. The van der Waals surface area contributed by atoms with Crippen LogP contribution in [0.4, 0.5) is 0 Å². The van der Waals surface area contributed by atoms with E-state index in [2.05, 4.69) is 0 Å². The molecular weight excluding hydrogens is 168 g/mol. The Morgan fingerprint density at radius 1 is 1.46 bits per heavy atom. The summed E-state index contributed by atoms with van der Waals surface area (Å²) >= 11 is 0. The third-order valence-electron chi connectivity index (χ3n) is 1.55. The van der Waals surface area contributed by atoms with Crippen LogP contribution in [-0.4, -0.2) is 16.2 Å². The molecule has 0 saturated carbocycles. The highest BCUT2D eigenvalue weighted by Gasteiger charge is 1.92. The van der Waals surface area contributed by atoms with Crippen LogP contribution in [0.5, 0.6) is 0 Å². The van der Waals surface area contributed by atoms with Gasteiger partial charge in [0.25, 0.3) is 0 Å². The third-order valence-corrected chi connectivity index (χ3v) is 1.55. The minimum Gasteiger partial charge on any atom is -0.478 e. The van der Waals surface area contributed by atoms with E-state index in [1.807, 2.05) is 0 Å². The van der Waals surface area contributed by atoms with E-state index in [1.165, 1.54) is 6.08 Å². The molecule has 0 heterocycles. The topological polar surface area (TPSA) is 57.5 Å². The molecule has 0 aliphatic rings. The van der Waals surface area contributed by atoms with Crippen LogP contribution in [0.25, 0.3) is 6.08 Å². The lowest BCUT2D eigenvalue weighted by molar-refractivity contribution is -0.131. The van der Waals surface area contributed by atoms with E-state index in [-0.39, 0.29) is 6.61 Å². The Kier molecular flexibility index (Phi) is 3.23. The minimum atomic E-state index is -0.977. The quantitative estimate of drug-likeness (QED) is 0.685. The van der Waals surface area contributed by atoms with Crippen molar-refractivity contribution < 1.29 is 15.0 Å². The Morgan fingerprint density at radius 2 is 2.23 bits per heavy atom. The summed E-state index contributed by atoms with van der Waals surface area (Å²) < 4.78 is 0. The van der Waals surface area contributed by atoms with Gasteiger partial charge in [-0.15, -0.1) is 0 Å². The third kappa shape index (κ3) is 3.09. The molecule has 0 saturated heterocycles. The average Bonchev–Trinajstić information content (AvgIpc) is 2.15. The maximum Gasteiger partial charge on any atom is 0.328 e. The molecule has 0 spiro atoms. The largest absolute Gasteiger partial charge is 0.478 e. The number of rotatable bonds is 3. The van der Waals surface area contributed by atoms with Gasteiger partial charge in [-0.2, -0.15) is 0 Å². The van der Waals surface area contributed by atoms with Crippen LogP contribution in [0.2, 0.25) is 0 Å². The number of aliphatic hydroxyl groups excluding tert-OH is 1. The number of aliphatic carboxylic acids is 1. The van der Waals surface area contributed by atoms with Crippen molar-refractivity contribution in [3.63, 3.8) is 0 Å². The molecule has 0 aromatic heterocycles. The number of carboxylic acid groups (broad SMARTS) is 1. The van der Waals surface area contributed by atoms with Crippen LogP contribution >= 0.6 is 0 Å². The van der Waals surface area contributed by atoms with Crippen molar-refractivity contribution in [2.45, 2.75) is 6.61 Å². The second-order valence-corrected chi connectivity index (χ2v) is 2.57. The van der Waals surface area contributed by atoms with E-state index < -0.39 is 5.97 Å². The van der Waals surface area contributed by atoms with Gasteiger partial charge >= 0.3 is 5.97 Å². The number of hydrogen-bond donors (Lipinski definition) is 2. The molecule has 2 N–H and O–H groups in total. The van der Waals surface area contributed by atoms with Gasteiger partial charge in [0, 0.05) is 6.08 Å². The van der Waals surface area contributed by atoms with Crippen LogP contribution in [0.3, 0.4) is 0 Å². The Hall–Kier alpha value is -1.61. The summed E-state index contributed by atoms with van der Waals surface area (Å²) in [6.07, 6.45) is 2.55. The van der Waals surface area contributed by atoms with Gasteiger partial charge in [-0.1, -0.05) is 18.2 Å². The number of hydrogen-bond acceptors (Lipinski definition) is 2. The molecule has 13 heavy (non-hydrogen) atoms. The summed E-state index contributed by atoms with van der Waals surface area (Å²) in [7, 11) is 0. The molecule has 1 rings (SSSR count). The minimum absolute atomic E-state index is 0.0330. The van der Waals surface area contributed by atoms with Gasteiger partial charge in [0.2, 0.25) is 0 Å². The van der Waals surface area contributed by atoms with E-state index in [9.17, 15) is 4.79 Å². The zero-order valence-corrected chi connectivity index (χ0v) is 6.97. The second-order valence-electron chi connectivity index (χ2n) is 2.57. The standard InChI is InChI=1S/C10H10O3/c11-7-9-3-1-2-8(6-9)4-5-10(12)13/h1-6,11H,7H2,(H,12,13)/b5-4+. The van der Waals surface area contributed by atoms with Gasteiger partial charge in [0.15, 0.2) is 0 Å². The first-order valence-electron chi connectivity index (χ1n) is 3.83. The van der Waals surface area contributed by atoms with E-state index in [0.717, 1.165) is 17.2 Å². The van der Waals surface area contributed by atoms with E-state index in [4.69, 9.17) is 10.2 Å². The van der Waals surface area contributed by atoms with Gasteiger partial charge in [0.05, 0.1) is 6.61 Å². The predicted molar refractivity (Wildman–Crippen MR) is 49.0 cm³/mol. The highest BCUT2D eigenvalue weighted by atomic mass is 16.4. The van der Waals surface area contributed by atoms with Crippen LogP contribution in [0, 0.1) is 0 Å². The lowest BCUT2D eigenvalue weighted by atomic mass is 10.1. The van der Waals surface area contributed by atoms with Crippen molar-refractivity contribution in [1.82, 2.24) is 0 Å².